The van der Waals surface area contributed by atoms with Crippen molar-refractivity contribution in [2.45, 2.75) is 0 Å². The summed E-state index contributed by atoms with van der Waals surface area (Å²) in [5, 5.41) is 0. The van der Waals surface area contributed by atoms with Gasteiger partial charge in [-0.1, -0.05) is 0 Å². The quantitative estimate of drug-likeness (QED) is 0.836. The molecule has 1 amide bonds. The summed E-state index contributed by atoms with van der Waals surface area (Å²) < 4.78 is 10.5. The summed E-state index contributed by atoms with van der Waals surface area (Å²) in [6.07, 6.45) is 3.22. The van der Waals surface area contributed by atoms with Gasteiger partial charge in [0.25, 0.3) is 5.91 Å². The fraction of sp³-hybridized carbons (Fsp3) is 0.200. The first-order valence-corrected chi connectivity index (χ1v) is 6.14. The Morgan fingerprint density at radius 2 is 1.95 bits per heavy atom. The second kappa shape index (κ2) is 6.56. The lowest BCUT2D eigenvalue weighted by Gasteiger charge is -2.17. The topological polar surface area (TPSA) is 51.7 Å². The highest BCUT2D eigenvalue weighted by molar-refractivity contribution is 5.93. The van der Waals surface area contributed by atoms with Gasteiger partial charge in [-0.2, -0.15) is 0 Å². The Balaban J connectivity index is 1.94. The average molecular weight is 272 g/mol. The molecule has 5 heteroatoms. The number of ether oxygens (including phenoxy) is 2. The summed E-state index contributed by atoms with van der Waals surface area (Å²) in [7, 11) is 3.31. The van der Waals surface area contributed by atoms with Gasteiger partial charge in [-0.25, -0.2) is 0 Å². The summed E-state index contributed by atoms with van der Waals surface area (Å²) in [5.74, 6) is 1.18. The van der Waals surface area contributed by atoms with Crippen LogP contribution < -0.4 is 14.4 Å². The molecule has 0 atom stereocenters. The third kappa shape index (κ3) is 3.47. The van der Waals surface area contributed by atoms with Gasteiger partial charge in [0, 0.05) is 18.9 Å². The van der Waals surface area contributed by atoms with Crippen LogP contribution in [0.25, 0.3) is 0 Å². The summed E-state index contributed by atoms with van der Waals surface area (Å²) in [4.78, 5) is 17.5. The van der Waals surface area contributed by atoms with E-state index in [0.29, 0.717) is 5.75 Å². The van der Waals surface area contributed by atoms with E-state index in [0.717, 1.165) is 11.4 Å². The number of hydrogen-bond acceptors (Lipinski definition) is 4. The van der Waals surface area contributed by atoms with Crippen molar-refractivity contribution < 1.29 is 14.3 Å². The van der Waals surface area contributed by atoms with Gasteiger partial charge in [-0.3, -0.25) is 9.78 Å². The highest BCUT2D eigenvalue weighted by atomic mass is 16.5. The molecule has 2 aromatic rings. The molecule has 0 fully saturated rings. The number of hydrogen-bond donors (Lipinski definition) is 0. The smallest absolute Gasteiger partial charge is 0.264 e. The lowest BCUT2D eigenvalue weighted by molar-refractivity contribution is -0.120. The first kappa shape index (κ1) is 13.9. The number of anilines is 1. The predicted octanol–water partition coefficient (Wildman–Crippen LogP) is 2.13. The number of aromatic nitrogens is 1. The number of benzene rings is 1. The number of rotatable bonds is 5. The van der Waals surface area contributed by atoms with Crippen LogP contribution in [0.2, 0.25) is 0 Å². The monoisotopic (exact) mass is 272 g/mol. The maximum Gasteiger partial charge on any atom is 0.264 e. The minimum absolute atomic E-state index is 0.0335. The standard InChI is InChI=1S/C15H16N2O3/c1-17(12-5-7-13(19-2)8-6-12)15(18)11-20-14-4-3-9-16-10-14/h3-10H,11H2,1-2H3. The molecule has 20 heavy (non-hydrogen) atoms. The Morgan fingerprint density at radius 3 is 2.55 bits per heavy atom. The molecule has 5 nitrogen and oxygen atoms in total. The molecule has 1 aromatic heterocycles. The highest BCUT2D eigenvalue weighted by Crippen LogP contribution is 2.18. The number of amides is 1. The molecule has 0 radical (unpaired) electrons. The molecule has 0 aliphatic rings. The molecular formula is C15H16N2O3. The zero-order chi connectivity index (χ0) is 14.4. The molecule has 0 spiro atoms. The fourth-order valence-electron chi connectivity index (χ4n) is 1.62. The minimum atomic E-state index is -0.140. The van der Waals surface area contributed by atoms with E-state index in [1.807, 2.05) is 12.1 Å². The molecule has 1 heterocycles. The van der Waals surface area contributed by atoms with E-state index in [1.165, 1.54) is 4.90 Å². The van der Waals surface area contributed by atoms with E-state index in [9.17, 15) is 4.79 Å². The Hall–Kier alpha value is -2.56. The van der Waals surface area contributed by atoms with Gasteiger partial charge in [-0.05, 0) is 36.4 Å². The number of carbonyl (C=O) groups is 1. The summed E-state index contributed by atoms with van der Waals surface area (Å²) in [6.45, 7) is -0.0335. The molecule has 0 aliphatic carbocycles. The SMILES string of the molecule is COc1ccc(N(C)C(=O)COc2cccnc2)cc1. The Bertz CT molecular complexity index is 555. The van der Waals surface area contributed by atoms with E-state index in [-0.39, 0.29) is 12.5 Å². The molecule has 0 aliphatic heterocycles. The molecule has 2 rings (SSSR count). The fourth-order valence-corrected chi connectivity index (χ4v) is 1.62. The van der Waals surface area contributed by atoms with Gasteiger partial charge in [0.05, 0.1) is 13.3 Å². The third-order valence-corrected chi connectivity index (χ3v) is 2.83. The van der Waals surface area contributed by atoms with Crippen molar-refractivity contribution in [3.8, 4) is 11.5 Å². The Morgan fingerprint density at radius 1 is 1.20 bits per heavy atom. The maximum absolute atomic E-state index is 12.0. The summed E-state index contributed by atoms with van der Waals surface area (Å²) in [5.41, 5.74) is 0.783. The predicted molar refractivity (Wildman–Crippen MR) is 76.1 cm³/mol. The average Bonchev–Trinajstić information content (AvgIpc) is 2.53. The zero-order valence-electron chi connectivity index (χ0n) is 11.4. The van der Waals surface area contributed by atoms with Gasteiger partial charge in [0.15, 0.2) is 6.61 Å². The van der Waals surface area contributed by atoms with Gasteiger partial charge < -0.3 is 14.4 Å². The van der Waals surface area contributed by atoms with Crippen LogP contribution in [0.5, 0.6) is 11.5 Å². The molecule has 0 unspecified atom stereocenters. The molecular weight excluding hydrogens is 256 g/mol. The minimum Gasteiger partial charge on any atom is -0.497 e. The maximum atomic E-state index is 12.0. The number of likely N-dealkylation sites (N-methyl/N-ethyl adjacent to an activating group) is 1. The summed E-state index contributed by atoms with van der Waals surface area (Å²) in [6, 6.07) is 10.8. The van der Waals surface area contributed by atoms with E-state index in [2.05, 4.69) is 4.98 Å². The zero-order valence-corrected chi connectivity index (χ0v) is 11.4. The molecule has 0 saturated heterocycles. The van der Waals surface area contributed by atoms with Crippen LogP contribution in [0.1, 0.15) is 0 Å². The first-order valence-electron chi connectivity index (χ1n) is 6.14. The highest BCUT2D eigenvalue weighted by Gasteiger charge is 2.11. The third-order valence-electron chi connectivity index (χ3n) is 2.83. The van der Waals surface area contributed by atoms with Crippen molar-refractivity contribution in [3.05, 3.63) is 48.8 Å². The van der Waals surface area contributed by atoms with Crippen molar-refractivity contribution in [2.24, 2.45) is 0 Å². The van der Waals surface area contributed by atoms with Crippen LogP contribution in [0.3, 0.4) is 0 Å². The van der Waals surface area contributed by atoms with E-state index >= 15 is 0 Å². The van der Waals surface area contributed by atoms with E-state index in [1.54, 1.807) is 50.8 Å². The second-order valence-electron chi connectivity index (χ2n) is 4.13. The summed E-state index contributed by atoms with van der Waals surface area (Å²) >= 11 is 0. The van der Waals surface area contributed by atoms with E-state index < -0.39 is 0 Å². The van der Waals surface area contributed by atoms with Crippen LogP contribution in [0.15, 0.2) is 48.8 Å². The van der Waals surface area contributed by atoms with Crippen molar-refractivity contribution >= 4 is 11.6 Å². The lowest BCUT2D eigenvalue weighted by atomic mass is 10.3. The number of pyridine rings is 1. The van der Waals surface area contributed by atoms with Crippen LogP contribution in [0, 0.1) is 0 Å². The van der Waals surface area contributed by atoms with E-state index in [4.69, 9.17) is 9.47 Å². The van der Waals surface area contributed by atoms with Crippen molar-refractivity contribution in [2.75, 3.05) is 25.7 Å². The number of nitrogens with zero attached hydrogens (tertiary/aromatic N) is 2. The molecule has 0 saturated carbocycles. The van der Waals surface area contributed by atoms with Crippen molar-refractivity contribution in [3.63, 3.8) is 0 Å². The van der Waals surface area contributed by atoms with Crippen LogP contribution in [-0.2, 0) is 4.79 Å². The second-order valence-corrected chi connectivity index (χ2v) is 4.13. The van der Waals surface area contributed by atoms with Gasteiger partial charge in [0.2, 0.25) is 0 Å². The molecule has 1 aromatic carbocycles. The Labute approximate surface area is 117 Å². The largest absolute Gasteiger partial charge is 0.497 e. The van der Waals surface area contributed by atoms with Gasteiger partial charge in [0.1, 0.15) is 11.5 Å². The number of carbonyl (C=O) groups excluding carboxylic acids is 1. The van der Waals surface area contributed by atoms with Crippen LogP contribution in [-0.4, -0.2) is 31.7 Å². The van der Waals surface area contributed by atoms with Crippen LogP contribution >= 0.6 is 0 Å². The lowest BCUT2D eigenvalue weighted by Crippen LogP contribution is -2.31. The Kier molecular flexibility index (Phi) is 4.55. The first-order chi connectivity index (χ1) is 9.70. The van der Waals surface area contributed by atoms with Gasteiger partial charge >= 0.3 is 0 Å². The molecule has 104 valence electrons. The number of methoxy groups -OCH3 is 1. The van der Waals surface area contributed by atoms with Gasteiger partial charge in [-0.15, -0.1) is 0 Å². The molecule has 0 bridgehead atoms. The normalized spacial score (nSPS) is 9.90. The van der Waals surface area contributed by atoms with Crippen LogP contribution in [0.4, 0.5) is 5.69 Å². The molecule has 0 N–H and O–H groups in total. The van der Waals surface area contributed by atoms with Crippen molar-refractivity contribution in [1.82, 2.24) is 4.98 Å². The van der Waals surface area contributed by atoms with Crippen molar-refractivity contribution in [1.29, 1.82) is 0 Å².